The second-order valence-electron chi connectivity index (χ2n) is 9.26. The number of allylic oxidation sites excluding steroid dienone is 3. The summed E-state index contributed by atoms with van der Waals surface area (Å²) in [6, 6.07) is 11.6. The number of hydrogen-bond acceptors (Lipinski definition) is 7. The SMILES string of the molecule is C=C/C=C(\C=C/COC)CC(NC(=O)c1ccccc1Cl)C(=O)O.COc1cc2c(cc1OC)C(CC#N)N(C=S)CC2. The highest BCUT2D eigenvalue weighted by Crippen LogP contribution is 2.38. The third kappa shape index (κ3) is 10.3. The minimum Gasteiger partial charge on any atom is -0.493 e. The molecule has 0 bridgehead atoms. The van der Waals surface area contributed by atoms with E-state index in [-0.39, 0.29) is 23.0 Å². The predicted octanol–water partition coefficient (Wildman–Crippen LogP) is 5.70. The normalized spacial score (nSPS) is 14.8. The molecule has 1 aliphatic rings. The van der Waals surface area contributed by atoms with Crippen LogP contribution in [-0.2, 0) is 16.0 Å². The molecule has 0 radical (unpaired) electrons. The second-order valence-corrected chi connectivity index (χ2v) is 9.88. The number of nitrogens with one attached hydrogen (secondary N) is 1. The van der Waals surface area contributed by atoms with Gasteiger partial charge in [0, 0.05) is 20.1 Å². The van der Waals surface area contributed by atoms with Crippen LogP contribution in [0.15, 0.2) is 72.9 Å². The van der Waals surface area contributed by atoms with Gasteiger partial charge in [-0.25, -0.2) is 4.79 Å². The number of fused-ring (bicyclic) bond motifs is 1. The van der Waals surface area contributed by atoms with Crippen LogP contribution in [0.3, 0.4) is 0 Å². The molecule has 2 unspecified atom stereocenters. The van der Waals surface area contributed by atoms with Gasteiger partial charge in [0.15, 0.2) is 11.5 Å². The van der Waals surface area contributed by atoms with Gasteiger partial charge in [-0.05, 0) is 47.4 Å². The van der Waals surface area contributed by atoms with E-state index in [0.29, 0.717) is 24.4 Å². The Hall–Kier alpha value is -4.17. The Morgan fingerprint density at radius 2 is 1.95 bits per heavy atom. The van der Waals surface area contributed by atoms with Crippen molar-refractivity contribution in [2.75, 3.05) is 34.5 Å². The van der Waals surface area contributed by atoms with E-state index in [2.05, 4.69) is 18.0 Å². The molecular weight excluding hydrogens is 590 g/mol. The molecule has 0 saturated heterocycles. The van der Waals surface area contributed by atoms with Crippen LogP contribution in [0.2, 0.25) is 5.02 Å². The number of carboxylic acid groups (broad SMARTS) is 1. The quantitative estimate of drug-likeness (QED) is 0.213. The molecule has 11 heteroatoms. The van der Waals surface area contributed by atoms with Gasteiger partial charge < -0.3 is 29.5 Å². The Kier molecular flexibility index (Phi) is 15.0. The largest absolute Gasteiger partial charge is 0.493 e. The summed E-state index contributed by atoms with van der Waals surface area (Å²) in [5.41, 5.74) is 4.88. The molecule has 9 nitrogen and oxygen atoms in total. The maximum Gasteiger partial charge on any atom is 0.326 e. The number of benzene rings is 2. The Balaban J connectivity index is 0.000000307. The van der Waals surface area contributed by atoms with Crippen molar-refractivity contribution < 1.29 is 28.9 Å². The molecule has 0 fully saturated rings. The molecule has 1 aliphatic heterocycles. The summed E-state index contributed by atoms with van der Waals surface area (Å²) in [5.74, 6) is -0.250. The van der Waals surface area contributed by atoms with Gasteiger partial charge in [0.25, 0.3) is 5.91 Å². The van der Waals surface area contributed by atoms with Gasteiger partial charge in [-0.15, -0.1) is 0 Å². The van der Waals surface area contributed by atoms with Gasteiger partial charge in [0.2, 0.25) is 0 Å². The minimum absolute atomic E-state index is 0.00561. The van der Waals surface area contributed by atoms with Crippen molar-refractivity contribution in [1.82, 2.24) is 10.2 Å². The number of methoxy groups -OCH3 is 3. The van der Waals surface area contributed by atoms with Crippen molar-refractivity contribution in [2.24, 2.45) is 0 Å². The zero-order valence-corrected chi connectivity index (χ0v) is 26.0. The average Bonchev–Trinajstić information content (AvgIpc) is 3.00. The number of rotatable bonds is 13. The predicted molar refractivity (Wildman–Crippen MR) is 171 cm³/mol. The first-order chi connectivity index (χ1) is 20.7. The fourth-order valence-electron chi connectivity index (χ4n) is 4.44. The van der Waals surface area contributed by atoms with Crippen LogP contribution in [0.25, 0.3) is 0 Å². The first-order valence-corrected chi connectivity index (χ1v) is 14.2. The monoisotopic (exact) mass is 625 g/mol. The summed E-state index contributed by atoms with van der Waals surface area (Å²) >= 11 is 11.0. The van der Waals surface area contributed by atoms with Gasteiger partial charge in [-0.2, -0.15) is 5.26 Å². The third-order valence-corrected chi connectivity index (χ3v) is 7.15. The summed E-state index contributed by atoms with van der Waals surface area (Å²) in [6.45, 7) is 4.84. The maximum atomic E-state index is 12.2. The fourth-order valence-corrected chi connectivity index (χ4v) is 4.92. The standard InChI is InChI=1S/C18H20ClNO4.C14H16N2O2S/c1-3-7-13(8-6-11-24-2)12-16(18(22)23)20-17(21)14-9-4-5-10-15(14)19;1-17-13-7-10-4-6-16(9-19)12(3-5-15)11(10)8-14(13)18-2/h3-10,16H,1,11-12H2,2H3,(H,20,21)(H,22,23);7-9,12H,3-4,6H2,1-2H3/b8-6-,13-7+;. The van der Waals surface area contributed by atoms with Crippen LogP contribution < -0.4 is 14.8 Å². The third-order valence-electron chi connectivity index (χ3n) is 6.55. The first-order valence-electron chi connectivity index (χ1n) is 13.3. The molecule has 2 atom stereocenters. The van der Waals surface area contributed by atoms with Gasteiger partial charge >= 0.3 is 5.97 Å². The number of amides is 1. The molecule has 1 amide bonds. The summed E-state index contributed by atoms with van der Waals surface area (Å²) in [4.78, 5) is 25.7. The Morgan fingerprint density at radius 1 is 1.26 bits per heavy atom. The van der Waals surface area contributed by atoms with Crippen LogP contribution in [0, 0.1) is 11.3 Å². The Morgan fingerprint density at radius 3 is 2.53 bits per heavy atom. The second kappa shape index (κ2) is 18.4. The highest BCUT2D eigenvalue weighted by molar-refractivity contribution is 7.78. The highest BCUT2D eigenvalue weighted by Gasteiger charge is 2.27. The molecule has 228 valence electrons. The molecule has 43 heavy (non-hydrogen) atoms. The molecule has 2 N–H and O–H groups in total. The molecule has 3 rings (SSSR count). The molecule has 0 aromatic heterocycles. The molecule has 1 heterocycles. The van der Waals surface area contributed by atoms with Gasteiger partial charge in [0.1, 0.15) is 6.04 Å². The summed E-state index contributed by atoms with van der Waals surface area (Å²) in [7, 11) is 4.80. The number of carbonyl (C=O) groups is 2. The van der Waals surface area contributed by atoms with Crippen molar-refractivity contribution >= 4 is 41.2 Å². The zero-order chi connectivity index (χ0) is 31.8. The van der Waals surface area contributed by atoms with Crippen LogP contribution >= 0.6 is 23.8 Å². The van der Waals surface area contributed by atoms with Crippen molar-refractivity contribution in [3.63, 3.8) is 0 Å². The maximum absolute atomic E-state index is 12.2. The zero-order valence-electron chi connectivity index (χ0n) is 24.4. The lowest BCUT2D eigenvalue weighted by Gasteiger charge is -2.35. The van der Waals surface area contributed by atoms with E-state index in [0.717, 1.165) is 24.3 Å². The number of nitriles is 1. The van der Waals surface area contributed by atoms with E-state index >= 15 is 0 Å². The number of halogens is 1. The topological polar surface area (TPSA) is 121 Å². The smallest absolute Gasteiger partial charge is 0.326 e. The van der Waals surface area contributed by atoms with Crippen LogP contribution in [0.4, 0.5) is 0 Å². The number of thiocarbonyl (C=S) groups is 1. The molecule has 0 saturated carbocycles. The van der Waals surface area contributed by atoms with Crippen LogP contribution in [0.1, 0.15) is 40.4 Å². The number of carboxylic acids is 1. The van der Waals surface area contributed by atoms with E-state index in [9.17, 15) is 14.7 Å². The number of hydrogen-bond donors (Lipinski definition) is 2. The number of ether oxygens (including phenoxy) is 3. The van der Waals surface area contributed by atoms with Crippen molar-refractivity contribution in [3.05, 3.63) is 94.6 Å². The number of nitrogens with zero attached hydrogens (tertiary/aromatic N) is 2. The molecule has 2 aromatic carbocycles. The minimum atomic E-state index is -1.13. The molecule has 0 aliphatic carbocycles. The van der Waals surface area contributed by atoms with Gasteiger partial charge in [0.05, 0.1) is 55.4 Å². The lowest BCUT2D eigenvalue weighted by atomic mass is 9.91. The Labute approximate surface area is 263 Å². The van der Waals surface area contributed by atoms with Crippen molar-refractivity contribution in [1.29, 1.82) is 5.26 Å². The van der Waals surface area contributed by atoms with Crippen LogP contribution in [0.5, 0.6) is 11.5 Å². The number of carbonyl (C=O) groups excluding carboxylic acids is 1. The lowest BCUT2D eigenvalue weighted by Crippen LogP contribution is -2.41. The van der Waals surface area contributed by atoms with E-state index in [1.54, 1.807) is 69.3 Å². The summed E-state index contributed by atoms with van der Waals surface area (Å²) < 4.78 is 15.6. The van der Waals surface area contributed by atoms with E-state index in [1.807, 2.05) is 17.0 Å². The fraction of sp³-hybridized carbons (Fsp3) is 0.312. The molecular formula is C32H36ClN3O6S. The van der Waals surface area contributed by atoms with Crippen molar-refractivity contribution in [2.45, 2.75) is 31.3 Å². The van der Waals surface area contributed by atoms with Crippen LogP contribution in [-0.4, -0.2) is 67.9 Å². The summed E-state index contributed by atoms with van der Waals surface area (Å²) in [5, 5.41) is 21.1. The first kappa shape index (κ1) is 35.0. The Bertz CT molecular complexity index is 1390. The van der Waals surface area contributed by atoms with E-state index < -0.39 is 17.9 Å². The van der Waals surface area contributed by atoms with E-state index in [1.165, 1.54) is 11.6 Å². The van der Waals surface area contributed by atoms with Gasteiger partial charge in [-0.1, -0.05) is 66.8 Å². The average molecular weight is 626 g/mol. The van der Waals surface area contributed by atoms with Gasteiger partial charge in [-0.3, -0.25) is 4.79 Å². The van der Waals surface area contributed by atoms with E-state index in [4.69, 9.17) is 43.3 Å². The number of aliphatic carboxylic acids is 1. The van der Waals surface area contributed by atoms with Crippen molar-refractivity contribution in [3.8, 4) is 17.6 Å². The summed E-state index contributed by atoms with van der Waals surface area (Å²) in [6.07, 6.45) is 8.15. The lowest BCUT2D eigenvalue weighted by molar-refractivity contribution is -0.139. The molecule has 0 spiro atoms. The highest BCUT2D eigenvalue weighted by atomic mass is 35.5. The molecule has 2 aromatic rings.